The number of rotatable bonds is 4. The second-order valence-electron chi connectivity index (χ2n) is 7.58. The molecule has 0 aromatic carbocycles. The van der Waals surface area contributed by atoms with Crippen LogP contribution in [0.25, 0.3) is 5.52 Å². The van der Waals surface area contributed by atoms with E-state index in [0.29, 0.717) is 17.8 Å². The minimum atomic E-state index is -0.473. The highest BCUT2D eigenvalue weighted by Crippen LogP contribution is 2.53. The van der Waals surface area contributed by atoms with E-state index < -0.39 is 6.10 Å². The monoisotopic (exact) mass is 314 g/mol. The molecule has 2 aliphatic carbocycles. The van der Waals surface area contributed by atoms with E-state index in [4.69, 9.17) is 0 Å². The number of hydrogen-bond acceptors (Lipinski definition) is 3. The smallest absolute Gasteiger partial charge is 0.0995 e. The Labute approximate surface area is 137 Å². The molecule has 4 nitrogen and oxygen atoms in total. The zero-order valence-corrected chi connectivity index (χ0v) is 13.9. The molecule has 0 spiro atoms. The highest BCUT2D eigenvalue weighted by atomic mass is 16.3. The molecule has 2 aromatic heterocycles. The van der Waals surface area contributed by atoms with Crippen molar-refractivity contribution in [1.29, 1.82) is 0 Å². The first kappa shape index (κ1) is 15.2. The van der Waals surface area contributed by atoms with Crippen molar-refractivity contribution in [2.24, 2.45) is 17.8 Å². The van der Waals surface area contributed by atoms with Gasteiger partial charge in [0, 0.05) is 0 Å². The van der Waals surface area contributed by atoms with Crippen molar-refractivity contribution in [3.63, 3.8) is 0 Å². The molecule has 0 radical (unpaired) electrons. The van der Waals surface area contributed by atoms with Crippen molar-refractivity contribution in [1.82, 2.24) is 9.38 Å². The van der Waals surface area contributed by atoms with Gasteiger partial charge in [0.2, 0.25) is 0 Å². The van der Waals surface area contributed by atoms with Gasteiger partial charge < -0.3 is 14.6 Å². The second-order valence-corrected chi connectivity index (χ2v) is 7.58. The number of fused-ring (bicyclic) bond motifs is 3. The van der Waals surface area contributed by atoms with Gasteiger partial charge in [-0.3, -0.25) is 0 Å². The van der Waals surface area contributed by atoms with Gasteiger partial charge in [-0.25, -0.2) is 4.98 Å². The fourth-order valence-electron chi connectivity index (χ4n) is 4.86. The first-order chi connectivity index (χ1) is 11.1. The van der Waals surface area contributed by atoms with Gasteiger partial charge in [-0.2, -0.15) is 0 Å². The SMILES string of the molecule is CCC(C)c1ccc2cncn2c1C(O)C1CC2CC1CC2O. The van der Waals surface area contributed by atoms with Crippen LogP contribution in [0.5, 0.6) is 0 Å². The van der Waals surface area contributed by atoms with Crippen LogP contribution in [0.3, 0.4) is 0 Å². The van der Waals surface area contributed by atoms with Crippen molar-refractivity contribution in [3.8, 4) is 0 Å². The van der Waals surface area contributed by atoms with Crippen LogP contribution >= 0.6 is 0 Å². The highest BCUT2D eigenvalue weighted by Gasteiger charge is 2.48. The quantitative estimate of drug-likeness (QED) is 0.910. The minimum absolute atomic E-state index is 0.151. The molecule has 6 atom stereocenters. The maximum absolute atomic E-state index is 11.2. The van der Waals surface area contributed by atoms with E-state index in [-0.39, 0.29) is 12.0 Å². The summed E-state index contributed by atoms with van der Waals surface area (Å²) in [5.74, 6) is 1.51. The van der Waals surface area contributed by atoms with Crippen LogP contribution in [0.2, 0.25) is 0 Å². The topological polar surface area (TPSA) is 57.8 Å². The van der Waals surface area contributed by atoms with E-state index in [1.807, 2.05) is 12.5 Å². The Kier molecular flexibility index (Phi) is 3.69. The van der Waals surface area contributed by atoms with Crippen molar-refractivity contribution < 1.29 is 10.2 Å². The van der Waals surface area contributed by atoms with E-state index in [9.17, 15) is 10.2 Å². The third-order valence-corrected chi connectivity index (χ3v) is 6.36. The van der Waals surface area contributed by atoms with Crippen molar-refractivity contribution in [3.05, 3.63) is 35.9 Å². The molecule has 4 heteroatoms. The number of aromatic nitrogens is 2. The zero-order chi connectivity index (χ0) is 16.1. The molecule has 0 aliphatic heterocycles. The molecule has 2 N–H and O–H groups in total. The summed E-state index contributed by atoms with van der Waals surface area (Å²) < 4.78 is 2.06. The molecule has 2 fully saturated rings. The third kappa shape index (κ3) is 2.31. The van der Waals surface area contributed by atoms with Crippen LogP contribution in [0.4, 0.5) is 0 Å². The summed E-state index contributed by atoms with van der Waals surface area (Å²) in [6.07, 6.45) is 6.96. The predicted molar refractivity (Wildman–Crippen MR) is 89.2 cm³/mol. The normalized spacial score (nSPS) is 32.5. The van der Waals surface area contributed by atoms with Gasteiger partial charge in [-0.05, 0) is 61.0 Å². The molecule has 23 heavy (non-hydrogen) atoms. The fourth-order valence-corrected chi connectivity index (χ4v) is 4.86. The van der Waals surface area contributed by atoms with Gasteiger partial charge >= 0.3 is 0 Å². The summed E-state index contributed by atoms with van der Waals surface area (Å²) in [4.78, 5) is 4.27. The lowest BCUT2D eigenvalue weighted by Gasteiger charge is -2.31. The van der Waals surface area contributed by atoms with Crippen LogP contribution in [0.15, 0.2) is 24.7 Å². The lowest BCUT2D eigenvalue weighted by Crippen LogP contribution is -2.27. The molecule has 124 valence electrons. The summed E-state index contributed by atoms with van der Waals surface area (Å²) in [5, 5.41) is 21.3. The average Bonchev–Trinajstić information content (AvgIpc) is 3.26. The number of nitrogens with zero attached hydrogens (tertiary/aromatic N) is 2. The Balaban J connectivity index is 1.76. The lowest BCUT2D eigenvalue weighted by molar-refractivity contribution is 0.0304. The van der Waals surface area contributed by atoms with Gasteiger partial charge in [-0.1, -0.05) is 19.9 Å². The molecule has 2 bridgehead atoms. The summed E-state index contributed by atoms with van der Waals surface area (Å²) in [7, 11) is 0. The molecule has 2 aromatic rings. The van der Waals surface area contributed by atoms with Crippen molar-refractivity contribution >= 4 is 5.52 Å². The van der Waals surface area contributed by atoms with E-state index in [1.54, 1.807) is 0 Å². The summed E-state index contributed by atoms with van der Waals surface area (Å²) in [5.41, 5.74) is 3.28. The van der Waals surface area contributed by atoms with Crippen LogP contribution in [0, 0.1) is 17.8 Å². The molecule has 0 saturated heterocycles. The largest absolute Gasteiger partial charge is 0.393 e. The van der Waals surface area contributed by atoms with Crippen LogP contribution in [0.1, 0.15) is 62.8 Å². The Morgan fingerprint density at radius 2 is 2.09 bits per heavy atom. The Bertz CT molecular complexity index is 708. The minimum Gasteiger partial charge on any atom is -0.393 e. The zero-order valence-electron chi connectivity index (χ0n) is 13.9. The number of hydrogen-bond donors (Lipinski definition) is 2. The molecule has 2 saturated carbocycles. The Morgan fingerprint density at radius 1 is 1.26 bits per heavy atom. The van der Waals surface area contributed by atoms with E-state index in [0.717, 1.165) is 36.9 Å². The fraction of sp³-hybridized carbons (Fsp3) is 0.632. The standard InChI is InChI=1S/C19H26N2O2/c1-3-11(2)15-5-4-14-9-20-10-21(14)18(15)19(23)16-7-13-6-12(16)8-17(13)22/h4-5,9-13,16-17,19,22-23H,3,6-8H2,1-2H3. The van der Waals surface area contributed by atoms with Crippen LogP contribution in [-0.4, -0.2) is 25.7 Å². The molecule has 4 rings (SSSR count). The van der Waals surface area contributed by atoms with E-state index >= 15 is 0 Å². The van der Waals surface area contributed by atoms with Gasteiger partial charge in [-0.15, -0.1) is 0 Å². The Morgan fingerprint density at radius 3 is 2.74 bits per heavy atom. The molecule has 6 unspecified atom stereocenters. The van der Waals surface area contributed by atoms with Crippen LogP contribution in [-0.2, 0) is 0 Å². The van der Waals surface area contributed by atoms with Crippen molar-refractivity contribution in [2.75, 3.05) is 0 Å². The number of aliphatic hydroxyl groups excluding tert-OH is 2. The van der Waals surface area contributed by atoms with Gasteiger partial charge in [0.15, 0.2) is 0 Å². The summed E-state index contributed by atoms with van der Waals surface area (Å²) >= 11 is 0. The number of imidazole rings is 1. The van der Waals surface area contributed by atoms with Gasteiger partial charge in [0.05, 0.1) is 35.9 Å². The molecular formula is C19H26N2O2. The summed E-state index contributed by atoms with van der Waals surface area (Å²) in [6, 6.07) is 4.25. The maximum Gasteiger partial charge on any atom is 0.0995 e. The van der Waals surface area contributed by atoms with Gasteiger partial charge in [0.25, 0.3) is 0 Å². The van der Waals surface area contributed by atoms with Crippen molar-refractivity contribution in [2.45, 2.75) is 57.7 Å². The Hall–Kier alpha value is -1.39. The molecule has 0 amide bonds. The molecule has 2 aliphatic rings. The van der Waals surface area contributed by atoms with Crippen LogP contribution < -0.4 is 0 Å². The highest BCUT2D eigenvalue weighted by molar-refractivity contribution is 5.49. The maximum atomic E-state index is 11.2. The average molecular weight is 314 g/mol. The molecular weight excluding hydrogens is 288 g/mol. The first-order valence-corrected chi connectivity index (χ1v) is 8.91. The van der Waals surface area contributed by atoms with E-state index in [2.05, 4.69) is 35.4 Å². The lowest BCUT2D eigenvalue weighted by atomic mass is 9.80. The summed E-state index contributed by atoms with van der Waals surface area (Å²) in [6.45, 7) is 4.41. The van der Waals surface area contributed by atoms with Gasteiger partial charge in [0.1, 0.15) is 0 Å². The first-order valence-electron chi connectivity index (χ1n) is 8.91. The third-order valence-electron chi connectivity index (χ3n) is 6.36. The number of pyridine rings is 1. The molecule has 2 heterocycles. The predicted octanol–water partition coefficient (Wildman–Crippen LogP) is 3.29. The number of aliphatic hydroxyl groups is 2. The van der Waals surface area contributed by atoms with E-state index in [1.165, 1.54) is 5.56 Å². The second kappa shape index (κ2) is 5.60.